The molecule has 0 saturated heterocycles. The maximum absolute atomic E-state index is 10.4. The molecule has 0 fully saturated rings. The molecule has 3 nitrogen and oxygen atoms in total. The molecule has 18 heavy (non-hydrogen) atoms. The third kappa shape index (κ3) is 5.63. The summed E-state index contributed by atoms with van der Waals surface area (Å²) in [6, 6.07) is 8.22. The average Bonchev–Trinajstić information content (AvgIpc) is 2.31. The van der Waals surface area contributed by atoms with Crippen LogP contribution in [0.2, 0.25) is 0 Å². The van der Waals surface area contributed by atoms with Gasteiger partial charge in [-0.05, 0) is 37.9 Å². The molecule has 1 rings (SSSR count). The molecule has 1 aromatic rings. The minimum atomic E-state index is -0.661. The van der Waals surface area contributed by atoms with Gasteiger partial charge in [-0.15, -0.1) is 0 Å². The summed E-state index contributed by atoms with van der Waals surface area (Å²) in [5.41, 5.74) is 1.80. The number of aryl methyl sites for hydroxylation is 1. The average molecular weight is 251 g/mol. The van der Waals surface area contributed by atoms with Crippen LogP contribution in [-0.4, -0.2) is 37.5 Å². The van der Waals surface area contributed by atoms with Crippen molar-refractivity contribution < 1.29 is 9.84 Å². The molecule has 1 unspecified atom stereocenters. The molecule has 0 spiro atoms. The SMILES string of the molecule is COCCNCCC(C)(O)Cc1ccccc1C. The minimum Gasteiger partial charge on any atom is -0.390 e. The standard InChI is InChI=1S/C15H25NO2/c1-13-6-4-5-7-14(13)12-15(2,17)8-9-16-10-11-18-3/h4-7,16-17H,8-12H2,1-3H3. The molecule has 0 aliphatic heterocycles. The van der Waals surface area contributed by atoms with Crippen LogP contribution >= 0.6 is 0 Å². The van der Waals surface area contributed by atoms with E-state index in [0.29, 0.717) is 13.0 Å². The van der Waals surface area contributed by atoms with E-state index >= 15 is 0 Å². The predicted molar refractivity (Wildman–Crippen MR) is 74.9 cm³/mol. The zero-order valence-corrected chi connectivity index (χ0v) is 11.7. The van der Waals surface area contributed by atoms with Crippen molar-refractivity contribution in [3.05, 3.63) is 35.4 Å². The third-order valence-electron chi connectivity index (χ3n) is 3.16. The van der Waals surface area contributed by atoms with E-state index in [9.17, 15) is 5.11 Å². The Balaban J connectivity index is 2.37. The summed E-state index contributed by atoms with van der Waals surface area (Å²) in [7, 11) is 1.69. The van der Waals surface area contributed by atoms with Crippen LogP contribution in [0, 0.1) is 6.92 Å². The smallest absolute Gasteiger partial charge is 0.0672 e. The molecule has 2 N–H and O–H groups in total. The van der Waals surface area contributed by atoms with Crippen LogP contribution in [0.3, 0.4) is 0 Å². The van der Waals surface area contributed by atoms with Gasteiger partial charge in [0.1, 0.15) is 0 Å². The van der Waals surface area contributed by atoms with Crippen molar-refractivity contribution in [3.63, 3.8) is 0 Å². The summed E-state index contributed by atoms with van der Waals surface area (Å²) in [6.07, 6.45) is 1.44. The Hall–Kier alpha value is -0.900. The van der Waals surface area contributed by atoms with Gasteiger partial charge in [0.05, 0.1) is 12.2 Å². The molecule has 0 radical (unpaired) electrons. The first-order valence-corrected chi connectivity index (χ1v) is 6.52. The second kappa shape index (κ2) is 7.52. The first kappa shape index (κ1) is 15.2. The summed E-state index contributed by atoms with van der Waals surface area (Å²) in [4.78, 5) is 0. The van der Waals surface area contributed by atoms with E-state index in [2.05, 4.69) is 24.4 Å². The van der Waals surface area contributed by atoms with Gasteiger partial charge in [-0.25, -0.2) is 0 Å². The van der Waals surface area contributed by atoms with Crippen molar-refractivity contribution in [1.82, 2.24) is 5.32 Å². The molecule has 0 heterocycles. The highest BCUT2D eigenvalue weighted by atomic mass is 16.5. The highest BCUT2D eigenvalue weighted by Crippen LogP contribution is 2.18. The molecule has 1 aromatic carbocycles. The van der Waals surface area contributed by atoms with Gasteiger partial charge < -0.3 is 15.2 Å². The van der Waals surface area contributed by atoms with E-state index in [1.165, 1.54) is 11.1 Å². The number of rotatable bonds is 8. The molecular weight excluding hydrogens is 226 g/mol. The van der Waals surface area contributed by atoms with Crippen molar-refractivity contribution in [2.45, 2.75) is 32.3 Å². The lowest BCUT2D eigenvalue weighted by Crippen LogP contribution is -2.33. The molecule has 0 saturated carbocycles. The predicted octanol–water partition coefficient (Wildman–Crippen LogP) is 1.91. The first-order chi connectivity index (χ1) is 8.55. The van der Waals surface area contributed by atoms with E-state index in [1.807, 2.05) is 19.1 Å². The highest BCUT2D eigenvalue weighted by Gasteiger charge is 2.20. The molecule has 0 aliphatic carbocycles. The minimum absolute atomic E-state index is 0.661. The van der Waals surface area contributed by atoms with E-state index in [0.717, 1.165) is 19.5 Å². The van der Waals surface area contributed by atoms with Gasteiger partial charge in [-0.3, -0.25) is 0 Å². The van der Waals surface area contributed by atoms with Gasteiger partial charge in [0.2, 0.25) is 0 Å². The topological polar surface area (TPSA) is 41.5 Å². The van der Waals surface area contributed by atoms with Gasteiger partial charge in [-0.1, -0.05) is 24.3 Å². The Kier molecular flexibility index (Phi) is 6.33. The van der Waals surface area contributed by atoms with Gasteiger partial charge in [0.15, 0.2) is 0 Å². The van der Waals surface area contributed by atoms with Gasteiger partial charge >= 0.3 is 0 Å². The molecule has 1 atom stereocenters. The summed E-state index contributed by atoms with van der Waals surface area (Å²) < 4.78 is 4.96. The van der Waals surface area contributed by atoms with E-state index in [4.69, 9.17) is 4.74 Å². The summed E-state index contributed by atoms with van der Waals surface area (Å²) >= 11 is 0. The van der Waals surface area contributed by atoms with Gasteiger partial charge in [0.25, 0.3) is 0 Å². The van der Waals surface area contributed by atoms with Crippen LogP contribution < -0.4 is 5.32 Å². The lowest BCUT2D eigenvalue weighted by molar-refractivity contribution is 0.0509. The van der Waals surface area contributed by atoms with Crippen molar-refractivity contribution in [1.29, 1.82) is 0 Å². The Bertz CT molecular complexity index is 350. The summed E-state index contributed by atoms with van der Waals surface area (Å²) in [5.74, 6) is 0. The van der Waals surface area contributed by atoms with Crippen molar-refractivity contribution in [3.8, 4) is 0 Å². The van der Waals surface area contributed by atoms with Gasteiger partial charge in [0, 0.05) is 20.1 Å². The molecular formula is C15H25NO2. The maximum atomic E-state index is 10.4. The third-order valence-corrected chi connectivity index (χ3v) is 3.16. The zero-order chi connectivity index (χ0) is 13.4. The van der Waals surface area contributed by atoms with Crippen molar-refractivity contribution >= 4 is 0 Å². The number of nitrogens with one attached hydrogen (secondary N) is 1. The molecule has 0 aromatic heterocycles. The lowest BCUT2D eigenvalue weighted by atomic mass is 9.91. The first-order valence-electron chi connectivity index (χ1n) is 6.52. The second-order valence-corrected chi connectivity index (χ2v) is 5.09. The molecule has 0 amide bonds. The fraction of sp³-hybridized carbons (Fsp3) is 0.600. The zero-order valence-electron chi connectivity index (χ0n) is 11.7. The van der Waals surface area contributed by atoms with Crippen LogP contribution in [0.1, 0.15) is 24.5 Å². The van der Waals surface area contributed by atoms with E-state index in [-0.39, 0.29) is 0 Å². The van der Waals surface area contributed by atoms with Gasteiger partial charge in [-0.2, -0.15) is 0 Å². The lowest BCUT2D eigenvalue weighted by Gasteiger charge is -2.24. The van der Waals surface area contributed by atoms with E-state index in [1.54, 1.807) is 7.11 Å². The fourth-order valence-corrected chi connectivity index (χ4v) is 1.96. The molecule has 3 heteroatoms. The molecule has 0 bridgehead atoms. The monoisotopic (exact) mass is 251 g/mol. The quantitative estimate of drug-likeness (QED) is 0.694. The Morgan fingerprint density at radius 1 is 1.28 bits per heavy atom. The fourth-order valence-electron chi connectivity index (χ4n) is 1.96. The number of ether oxygens (including phenoxy) is 1. The normalized spacial score (nSPS) is 14.4. The Morgan fingerprint density at radius 2 is 2.00 bits per heavy atom. The maximum Gasteiger partial charge on any atom is 0.0672 e. The second-order valence-electron chi connectivity index (χ2n) is 5.09. The van der Waals surface area contributed by atoms with E-state index < -0.39 is 5.60 Å². The van der Waals surface area contributed by atoms with Crippen molar-refractivity contribution in [2.24, 2.45) is 0 Å². The number of methoxy groups -OCH3 is 1. The molecule has 102 valence electrons. The Morgan fingerprint density at radius 3 is 2.67 bits per heavy atom. The van der Waals surface area contributed by atoms with Crippen LogP contribution in [0.5, 0.6) is 0 Å². The number of aliphatic hydroxyl groups is 1. The van der Waals surface area contributed by atoms with Crippen LogP contribution in [-0.2, 0) is 11.2 Å². The number of hydrogen-bond acceptors (Lipinski definition) is 3. The summed E-state index contributed by atoms with van der Waals surface area (Å²) in [6.45, 7) is 6.33. The summed E-state index contributed by atoms with van der Waals surface area (Å²) in [5, 5.41) is 13.6. The largest absolute Gasteiger partial charge is 0.390 e. The highest BCUT2D eigenvalue weighted by molar-refractivity contribution is 5.26. The number of hydrogen-bond donors (Lipinski definition) is 2. The number of benzene rings is 1. The van der Waals surface area contributed by atoms with Crippen LogP contribution in [0.15, 0.2) is 24.3 Å². The molecule has 0 aliphatic rings. The van der Waals surface area contributed by atoms with Crippen LogP contribution in [0.4, 0.5) is 0 Å². The van der Waals surface area contributed by atoms with Crippen LogP contribution in [0.25, 0.3) is 0 Å². The van der Waals surface area contributed by atoms with Crippen molar-refractivity contribution in [2.75, 3.05) is 26.8 Å². The Labute approximate surface area is 110 Å².